The number of hydrogen-bond donors (Lipinski definition) is 0. The smallest absolute Gasteiger partial charge is 0.250 e. The molecule has 1 aliphatic heterocycles. The maximum Gasteiger partial charge on any atom is 0.250 e. The highest BCUT2D eigenvalue weighted by molar-refractivity contribution is 5.83. The first-order valence-electron chi connectivity index (χ1n) is 7.42. The summed E-state index contributed by atoms with van der Waals surface area (Å²) < 4.78 is 1.60. The molecule has 0 bridgehead atoms. The number of carbonyl (C=O) groups excluding carboxylic acids is 1. The molecule has 22 heavy (non-hydrogen) atoms. The van der Waals surface area contributed by atoms with Crippen LogP contribution in [-0.2, 0) is 10.3 Å². The quantitative estimate of drug-likeness (QED) is 0.849. The number of rotatable bonds is 3. The monoisotopic (exact) mass is 300 g/mol. The summed E-state index contributed by atoms with van der Waals surface area (Å²) in [7, 11) is 0. The molecule has 1 unspecified atom stereocenters. The molecule has 0 spiro atoms. The van der Waals surface area contributed by atoms with Gasteiger partial charge < -0.3 is 4.90 Å². The summed E-state index contributed by atoms with van der Waals surface area (Å²) in [6.45, 7) is 7.05. The zero-order valence-electron chi connectivity index (χ0n) is 13.1. The third-order valence-electron chi connectivity index (χ3n) is 4.17. The molecule has 3 rings (SSSR count). The van der Waals surface area contributed by atoms with Crippen LogP contribution in [0.1, 0.15) is 37.7 Å². The minimum atomic E-state index is -0.737. The molecule has 0 aliphatic carbocycles. The zero-order chi connectivity index (χ0) is 15.7. The Labute approximate surface area is 129 Å². The van der Waals surface area contributed by atoms with Crippen molar-refractivity contribution in [2.45, 2.75) is 38.6 Å². The van der Waals surface area contributed by atoms with Crippen molar-refractivity contribution in [2.24, 2.45) is 0 Å². The first kappa shape index (κ1) is 14.6. The SMILES string of the molecule is Cc1ccnc(C2CCN(C(=O)C(C)(C)n3cncn3)C2)n1. The van der Waals surface area contributed by atoms with Crippen molar-refractivity contribution >= 4 is 5.91 Å². The highest BCUT2D eigenvalue weighted by atomic mass is 16.2. The van der Waals surface area contributed by atoms with Gasteiger partial charge in [-0.2, -0.15) is 5.10 Å². The van der Waals surface area contributed by atoms with E-state index in [1.54, 1.807) is 17.2 Å². The lowest BCUT2D eigenvalue weighted by Gasteiger charge is -2.29. The van der Waals surface area contributed by atoms with Crippen molar-refractivity contribution in [2.75, 3.05) is 13.1 Å². The molecule has 1 atom stereocenters. The standard InChI is InChI=1S/C15H20N6O/c1-11-4-6-17-13(19-11)12-5-7-20(8-12)14(22)15(2,3)21-10-16-9-18-21/h4,6,9-10,12H,5,7-8H2,1-3H3. The van der Waals surface area contributed by atoms with Crippen molar-refractivity contribution in [1.82, 2.24) is 29.6 Å². The van der Waals surface area contributed by atoms with E-state index in [2.05, 4.69) is 20.1 Å². The fourth-order valence-electron chi connectivity index (χ4n) is 2.80. The maximum atomic E-state index is 12.8. The Balaban J connectivity index is 1.74. The predicted octanol–water partition coefficient (Wildman–Crippen LogP) is 1.13. The van der Waals surface area contributed by atoms with Crippen LogP contribution in [0.25, 0.3) is 0 Å². The molecule has 1 saturated heterocycles. The van der Waals surface area contributed by atoms with E-state index in [0.717, 1.165) is 24.5 Å². The van der Waals surface area contributed by atoms with Gasteiger partial charge in [-0.05, 0) is 33.3 Å². The molecule has 0 saturated carbocycles. The van der Waals surface area contributed by atoms with E-state index in [4.69, 9.17) is 0 Å². The molecule has 116 valence electrons. The van der Waals surface area contributed by atoms with Gasteiger partial charge in [-0.15, -0.1) is 0 Å². The highest BCUT2D eigenvalue weighted by Gasteiger charge is 2.38. The summed E-state index contributed by atoms with van der Waals surface area (Å²) in [5.74, 6) is 1.08. The molecule has 0 N–H and O–H groups in total. The average molecular weight is 300 g/mol. The first-order chi connectivity index (χ1) is 10.5. The van der Waals surface area contributed by atoms with E-state index in [-0.39, 0.29) is 11.8 Å². The number of aromatic nitrogens is 5. The Morgan fingerprint density at radius 1 is 1.41 bits per heavy atom. The summed E-state index contributed by atoms with van der Waals surface area (Å²) in [5.41, 5.74) is 0.219. The van der Waals surface area contributed by atoms with Gasteiger partial charge in [-0.25, -0.2) is 19.6 Å². The van der Waals surface area contributed by atoms with Crippen LogP contribution in [0.3, 0.4) is 0 Å². The number of aryl methyl sites for hydroxylation is 1. The van der Waals surface area contributed by atoms with E-state index in [1.165, 1.54) is 6.33 Å². The van der Waals surface area contributed by atoms with Gasteiger partial charge in [0.1, 0.15) is 24.0 Å². The molecule has 1 fully saturated rings. The van der Waals surface area contributed by atoms with Gasteiger partial charge in [-0.1, -0.05) is 0 Å². The van der Waals surface area contributed by atoms with Crippen LogP contribution in [0.15, 0.2) is 24.9 Å². The van der Waals surface area contributed by atoms with Gasteiger partial charge in [0.15, 0.2) is 0 Å². The molecule has 0 radical (unpaired) electrons. The highest BCUT2D eigenvalue weighted by Crippen LogP contribution is 2.28. The summed E-state index contributed by atoms with van der Waals surface area (Å²) in [6.07, 6.45) is 5.70. The van der Waals surface area contributed by atoms with Gasteiger partial charge in [0.05, 0.1) is 0 Å². The van der Waals surface area contributed by atoms with E-state index >= 15 is 0 Å². The minimum absolute atomic E-state index is 0.0492. The second-order valence-electron chi connectivity index (χ2n) is 6.19. The number of hydrogen-bond acceptors (Lipinski definition) is 5. The lowest BCUT2D eigenvalue weighted by atomic mass is 10.0. The minimum Gasteiger partial charge on any atom is -0.340 e. The van der Waals surface area contributed by atoms with Crippen LogP contribution in [0, 0.1) is 6.92 Å². The Kier molecular flexibility index (Phi) is 3.64. The van der Waals surface area contributed by atoms with Crippen LogP contribution in [0.2, 0.25) is 0 Å². The molecule has 7 nitrogen and oxygen atoms in total. The lowest BCUT2D eigenvalue weighted by molar-refractivity contribution is -0.138. The largest absolute Gasteiger partial charge is 0.340 e. The molecule has 2 aromatic rings. The molecular formula is C15H20N6O. The topological polar surface area (TPSA) is 76.8 Å². The van der Waals surface area contributed by atoms with Crippen molar-refractivity contribution in [1.29, 1.82) is 0 Å². The second-order valence-corrected chi connectivity index (χ2v) is 6.19. The average Bonchev–Trinajstić information content (AvgIpc) is 3.18. The van der Waals surface area contributed by atoms with Crippen LogP contribution in [-0.4, -0.2) is 48.6 Å². The van der Waals surface area contributed by atoms with Crippen molar-refractivity contribution in [3.63, 3.8) is 0 Å². The maximum absolute atomic E-state index is 12.8. The molecular weight excluding hydrogens is 280 g/mol. The Bertz CT molecular complexity index is 666. The summed E-state index contributed by atoms with van der Waals surface area (Å²) in [5, 5.41) is 4.10. The van der Waals surface area contributed by atoms with Crippen molar-refractivity contribution < 1.29 is 4.79 Å². The summed E-state index contributed by atoms with van der Waals surface area (Å²) >= 11 is 0. The first-order valence-corrected chi connectivity index (χ1v) is 7.42. The van der Waals surface area contributed by atoms with Crippen LogP contribution in [0.4, 0.5) is 0 Å². The van der Waals surface area contributed by atoms with Crippen LogP contribution >= 0.6 is 0 Å². The van der Waals surface area contributed by atoms with Crippen LogP contribution < -0.4 is 0 Å². The predicted molar refractivity (Wildman–Crippen MR) is 80.1 cm³/mol. The third-order valence-corrected chi connectivity index (χ3v) is 4.17. The van der Waals surface area contributed by atoms with Crippen molar-refractivity contribution in [3.8, 4) is 0 Å². The number of carbonyl (C=O) groups is 1. The fraction of sp³-hybridized carbons (Fsp3) is 0.533. The number of amides is 1. The number of likely N-dealkylation sites (tertiary alicyclic amines) is 1. The normalized spacial score (nSPS) is 18.7. The Morgan fingerprint density at radius 2 is 2.23 bits per heavy atom. The zero-order valence-corrected chi connectivity index (χ0v) is 13.1. The molecule has 2 aromatic heterocycles. The van der Waals surface area contributed by atoms with E-state index in [0.29, 0.717) is 6.54 Å². The molecule has 7 heteroatoms. The number of nitrogens with zero attached hydrogens (tertiary/aromatic N) is 6. The van der Waals surface area contributed by atoms with Crippen molar-refractivity contribution in [3.05, 3.63) is 36.4 Å². The van der Waals surface area contributed by atoms with Gasteiger partial charge >= 0.3 is 0 Å². The van der Waals surface area contributed by atoms with Gasteiger partial charge in [0.25, 0.3) is 0 Å². The second kappa shape index (κ2) is 5.47. The van der Waals surface area contributed by atoms with E-state index in [1.807, 2.05) is 31.7 Å². The summed E-state index contributed by atoms with van der Waals surface area (Å²) in [6, 6.07) is 1.88. The van der Waals surface area contributed by atoms with Gasteiger partial charge in [0, 0.05) is 30.9 Å². The molecule has 1 aliphatic rings. The van der Waals surface area contributed by atoms with E-state index in [9.17, 15) is 4.79 Å². The third kappa shape index (κ3) is 2.58. The molecule has 3 heterocycles. The van der Waals surface area contributed by atoms with Crippen LogP contribution in [0.5, 0.6) is 0 Å². The van der Waals surface area contributed by atoms with Gasteiger partial charge in [-0.3, -0.25) is 4.79 Å². The Morgan fingerprint density at radius 3 is 2.91 bits per heavy atom. The Hall–Kier alpha value is -2.31. The fourth-order valence-corrected chi connectivity index (χ4v) is 2.80. The molecule has 0 aromatic carbocycles. The lowest BCUT2D eigenvalue weighted by Crippen LogP contribution is -2.46. The van der Waals surface area contributed by atoms with Gasteiger partial charge in [0.2, 0.25) is 5.91 Å². The summed E-state index contributed by atoms with van der Waals surface area (Å²) in [4.78, 5) is 27.4. The molecule has 1 amide bonds. The van der Waals surface area contributed by atoms with E-state index < -0.39 is 5.54 Å².